The Balaban J connectivity index is 1.77. The van der Waals surface area contributed by atoms with Crippen molar-refractivity contribution >= 4 is 23.5 Å². The van der Waals surface area contributed by atoms with Gasteiger partial charge in [0.05, 0.1) is 0 Å². The maximum absolute atomic E-state index is 12.8. The van der Waals surface area contributed by atoms with E-state index in [-0.39, 0.29) is 18.4 Å². The number of allylic oxidation sites excluding steroid dienone is 2. The van der Waals surface area contributed by atoms with Crippen LogP contribution in [0.15, 0.2) is 36.0 Å². The van der Waals surface area contributed by atoms with Crippen LogP contribution in [0, 0.1) is 6.92 Å². The zero-order valence-electron chi connectivity index (χ0n) is 15.6. The second-order valence-electron chi connectivity index (χ2n) is 6.81. The summed E-state index contributed by atoms with van der Waals surface area (Å²) >= 11 is 0. The number of anilines is 1. The van der Waals surface area contributed by atoms with E-state index in [0.717, 1.165) is 35.4 Å². The molecule has 2 aliphatic rings. The lowest BCUT2D eigenvalue weighted by Gasteiger charge is -2.24. The van der Waals surface area contributed by atoms with Gasteiger partial charge in [-0.05, 0) is 52.2 Å². The molecule has 1 atom stereocenters. The highest BCUT2D eigenvalue weighted by Gasteiger charge is 2.44. The van der Waals surface area contributed by atoms with Crippen LogP contribution in [-0.4, -0.2) is 46.8 Å². The fourth-order valence-corrected chi connectivity index (χ4v) is 3.57. The molecule has 0 spiro atoms. The summed E-state index contributed by atoms with van der Waals surface area (Å²) in [5.41, 5.74) is 2.75. The van der Waals surface area contributed by atoms with Crippen molar-refractivity contribution in [1.29, 1.82) is 0 Å². The van der Waals surface area contributed by atoms with Gasteiger partial charge in [-0.2, -0.15) is 0 Å². The predicted molar refractivity (Wildman–Crippen MR) is 99.6 cm³/mol. The van der Waals surface area contributed by atoms with E-state index in [9.17, 15) is 14.4 Å². The summed E-state index contributed by atoms with van der Waals surface area (Å²) in [6.07, 6.45) is 4.95. The largest absolute Gasteiger partial charge is 0.332 e. The first kappa shape index (κ1) is 18.2. The van der Waals surface area contributed by atoms with Gasteiger partial charge in [0.25, 0.3) is 5.91 Å². The highest BCUT2D eigenvalue weighted by Crippen LogP contribution is 2.27. The number of imide groups is 1. The number of hydrogen-bond acceptors (Lipinski definition) is 3. The van der Waals surface area contributed by atoms with Crippen molar-refractivity contribution in [3.05, 3.63) is 41.6 Å². The molecule has 1 aromatic rings. The molecule has 26 heavy (non-hydrogen) atoms. The third-order valence-electron chi connectivity index (χ3n) is 5.03. The van der Waals surface area contributed by atoms with E-state index in [4.69, 9.17) is 0 Å². The quantitative estimate of drug-likeness (QED) is 0.763. The van der Waals surface area contributed by atoms with Crippen LogP contribution in [0.2, 0.25) is 0 Å². The zero-order chi connectivity index (χ0) is 18.8. The molecule has 3 rings (SSSR count). The second kappa shape index (κ2) is 7.32. The highest BCUT2D eigenvalue weighted by molar-refractivity contribution is 6.15. The molecule has 1 saturated heterocycles. The Kier molecular flexibility index (Phi) is 5.11. The van der Waals surface area contributed by atoms with Crippen molar-refractivity contribution in [2.75, 3.05) is 18.0 Å². The van der Waals surface area contributed by atoms with Crippen molar-refractivity contribution in [3.63, 3.8) is 0 Å². The minimum atomic E-state index is -0.612. The van der Waals surface area contributed by atoms with Crippen LogP contribution in [0.1, 0.15) is 38.7 Å². The number of rotatable bonds is 5. The number of carbonyl (C=O) groups excluding carboxylic acids is 3. The van der Waals surface area contributed by atoms with Crippen molar-refractivity contribution < 1.29 is 14.4 Å². The fourth-order valence-electron chi connectivity index (χ4n) is 3.57. The topological polar surface area (TPSA) is 60.9 Å². The first-order valence-electron chi connectivity index (χ1n) is 9.14. The van der Waals surface area contributed by atoms with Crippen LogP contribution in [0.25, 0.3) is 0 Å². The number of carbonyl (C=O) groups is 3. The number of hydrogen-bond donors (Lipinski definition) is 0. The van der Waals surface area contributed by atoms with E-state index in [0.29, 0.717) is 12.2 Å². The molecule has 6 nitrogen and oxygen atoms in total. The Bertz CT molecular complexity index is 754. The Morgan fingerprint density at radius 3 is 2.50 bits per heavy atom. The van der Waals surface area contributed by atoms with E-state index in [1.54, 1.807) is 11.8 Å². The molecule has 0 unspecified atom stereocenters. The first-order valence-corrected chi connectivity index (χ1v) is 9.14. The van der Waals surface area contributed by atoms with Gasteiger partial charge in [-0.3, -0.25) is 19.4 Å². The molecule has 138 valence electrons. The summed E-state index contributed by atoms with van der Waals surface area (Å²) in [5.74, 6) is -0.541. The molecular weight excluding hydrogens is 330 g/mol. The summed E-state index contributed by atoms with van der Waals surface area (Å²) in [5, 5.41) is 0. The van der Waals surface area contributed by atoms with Crippen molar-refractivity contribution in [3.8, 4) is 0 Å². The van der Waals surface area contributed by atoms with Gasteiger partial charge < -0.3 is 4.90 Å². The maximum Gasteiger partial charge on any atom is 0.332 e. The minimum absolute atomic E-state index is 0.208. The summed E-state index contributed by atoms with van der Waals surface area (Å²) in [4.78, 5) is 42.4. The Morgan fingerprint density at radius 2 is 1.92 bits per heavy atom. The lowest BCUT2D eigenvalue weighted by Crippen LogP contribution is -2.43. The number of urea groups is 1. The minimum Gasteiger partial charge on any atom is -0.315 e. The number of nitrogens with zero attached hydrogens (tertiary/aromatic N) is 3. The van der Waals surface area contributed by atoms with Crippen LogP contribution in [0.4, 0.5) is 10.5 Å². The molecule has 1 aliphatic heterocycles. The molecule has 6 heteroatoms. The highest BCUT2D eigenvalue weighted by atomic mass is 16.2. The number of aryl methyl sites for hydroxylation is 1. The second-order valence-corrected chi connectivity index (χ2v) is 6.81. The summed E-state index contributed by atoms with van der Waals surface area (Å²) in [6, 6.07) is 6.40. The van der Waals surface area contributed by atoms with Gasteiger partial charge in [0.1, 0.15) is 12.6 Å². The number of benzene rings is 1. The SMILES string of the molecule is CCN(C(=O)CN1C(=O)[C@@H](C)N(c2ccc(C)cc2)C1=O)C1=CCCC1. The Labute approximate surface area is 154 Å². The smallest absolute Gasteiger partial charge is 0.315 e. The molecule has 1 aliphatic carbocycles. The zero-order valence-corrected chi connectivity index (χ0v) is 15.6. The van der Waals surface area contributed by atoms with Gasteiger partial charge in [-0.1, -0.05) is 23.8 Å². The third-order valence-corrected chi connectivity index (χ3v) is 5.03. The lowest BCUT2D eigenvalue weighted by atomic mass is 10.2. The maximum atomic E-state index is 12.8. The van der Waals surface area contributed by atoms with Gasteiger partial charge in [-0.15, -0.1) is 0 Å². The van der Waals surface area contributed by atoms with Gasteiger partial charge >= 0.3 is 6.03 Å². The van der Waals surface area contributed by atoms with E-state index < -0.39 is 12.1 Å². The average molecular weight is 355 g/mol. The van der Waals surface area contributed by atoms with E-state index in [2.05, 4.69) is 6.08 Å². The first-order chi connectivity index (χ1) is 12.4. The number of likely N-dealkylation sites (N-methyl/N-ethyl adjacent to an activating group) is 1. The standard InChI is InChI=1S/C20H25N3O3/c1-4-21(16-7-5-6-8-16)18(24)13-22-19(25)15(3)23(20(22)26)17-11-9-14(2)10-12-17/h7,9-12,15H,4-6,8,13H2,1-3H3/t15-/m1/s1. The molecule has 1 fully saturated rings. The summed E-state index contributed by atoms with van der Waals surface area (Å²) in [6.45, 7) is 5.90. The van der Waals surface area contributed by atoms with Crippen molar-refractivity contribution in [1.82, 2.24) is 9.80 Å². The lowest BCUT2D eigenvalue weighted by molar-refractivity contribution is -0.135. The summed E-state index contributed by atoms with van der Waals surface area (Å²) < 4.78 is 0. The normalized spacial score (nSPS) is 20.0. The van der Waals surface area contributed by atoms with Crippen LogP contribution >= 0.6 is 0 Å². The molecule has 0 N–H and O–H groups in total. The van der Waals surface area contributed by atoms with Gasteiger partial charge in [0.2, 0.25) is 5.91 Å². The van der Waals surface area contributed by atoms with Crippen LogP contribution < -0.4 is 4.90 Å². The Hall–Kier alpha value is -2.63. The monoisotopic (exact) mass is 355 g/mol. The average Bonchev–Trinajstić information content (AvgIpc) is 3.21. The van der Waals surface area contributed by atoms with Crippen LogP contribution in [-0.2, 0) is 9.59 Å². The summed E-state index contributed by atoms with van der Waals surface area (Å²) in [7, 11) is 0. The van der Waals surface area contributed by atoms with Gasteiger partial charge in [0, 0.05) is 17.9 Å². The predicted octanol–water partition coefficient (Wildman–Crippen LogP) is 3.07. The molecule has 0 saturated carbocycles. The van der Waals surface area contributed by atoms with E-state index in [1.807, 2.05) is 38.1 Å². The van der Waals surface area contributed by atoms with Gasteiger partial charge in [0.15, 0.2) is 0 Å². The third kappa shape index (κ3) is 3.23. The van der Waals surface area contributed by atoms with Crippen LogP contribution in [0.3, 0.4) is 0 Å². The van der Waals surface area contributed by atoms with Crippen molar-refractivity contribution in [2.45, 2.75) is 46.1 Å². The van der Waals surface area contributed by atoms with Crippen molar-refractivity contribution in [2.24, 2.45) is 0 Å². The van der Waals surface area contributed by atoms with E-state index >= 15 is 0 Å². The van der Waals surface area contributed by atoms with Gasteiger partial charge in [-0.25, -0.2) is 4.79 Å². The fraction of sp³-hybridized carbons (Fsp3) is 0.450. The molecule has 0 radical (unpaired) electrons. The Morgan fingerprint density at radius 1 is 1.23 bits per heavy atom. The molecule has 0 aromatic heterocycles. The molecular formula is C20H25N3O3. The van der Waals surface area contributed by atoms with E-state index in [1.165, 1.54) is 4.90 Å². The molecule has 1 heterocycles. The molecule has 0 bridgehead atoms. The number of amides is 4. The molecule has 4 amide bonds. The van der Waals surface area contributed by atoms with Crippen LogP contribution in [0.5, 0.6) is 0 Å². The molecule has 1 aromatic carbocycles.